The number of esters is 1. The van der Waals surface area contributed by atoms with Gasteiger partial charge >= 0.3 is 5.97 Å². The van der Waals surface area contributed by atoms with Crippen molar-refractivity contribution >= 4 is 18.0 Å². The van der Waals surface area contributed by atoms with Gasteiger partial charge in [0, 0.05) is 18.3 Å². The summed E-state index contributed by atoms with van der Waals surface area (Å²) in [6.07, 6.45) is 1.98. The lowest BCUT2D eigenvalue weighted by Gasteiger charge is -2.31. The Labute approximate surface area is 81.6 Å². The molecular formula is C10H12O4. The number of aldehydes is 1. The van der Waals surface area contributed by atoms with Gasteiger partial charge < -0.3 is 9.53 Å². The van der Waals surface area contributed by atoms with Crippen molar-refractivity contribution in [2.45, 2.75) is 12.8 Å². The molecule has 76 valence electrons. The minimum Gasteiger partial charge on any atom is -0.469 e. The van der Waals surface area contributed by atoms with Crippen LogP contribution in [0.4, 0.5) is 0 Å². The number of methoxy groups -OCH3 is 1. The summed E-state index contributed by atoms with van der Waals surface area (Å²) in [4.78, 5) is 33.4. The smallest absolute Gasteiger partial charge is 0.310 e. The molecule has 2 fully saturated rings. The first-order chi connectivity index (χ1) is 6.69. The third-order valence-electron chi connectivity index (χ3n) is 3.41. The summed E-state index contributed by atoms with van der Waals surface area (Å²) in [6, 6.07) is 0. The fraction of sp³-hybridized carbons (Fsp3) is 0.700. The zero-order valence-corrected chi connectivity index (χ0v) is 7.93. The van der Waals surface area contributed by atoms with Gasteiger partial charge in [0.05, 0.1) is 13.0 Å². The molecule has 0 aromatic carbocycles. The molecule has 0 saturated heterocycles. The number of hydrogen-bond donors (Lipinski definition) is 0. The van der Waals surface area contributed by atoms with Crippen molar-refractivity contribution in [3.05, 3.63) is 0 Å². The van der Waals surface area contributed by atoms with Crippen LogP contribution in [-0.2, 0) is 19.1 Å². The van der Waals surface area contributed by atoms with E-state index in [4.69, 9.17) is 0 Å². The maximum Gasteiger partial charge on any atom is 0.310 e. The minimum atomic E-state index is -0.510. The van der Waals surface area contributed by atoms with Crippen molar-refractivity contribution in [2.75, 3.05) is 7.11 Å². The second-order valence-corrected chi connectivity index (χ2v) is 4.04. The maximum absolute atomic E-state index is 11.4. The first-order valence-electron chi connectivity index (χ1n) is 4.75. The Morgan fingerprint density at radius 3 is 2.79 bits per heavy atom. The molecule has 0 spiro atoms. The summed E-state index contributed by atoms with van der Waals surface area (Å²) >= 11 is 0. The number of fused-ring (bicyclic) bond motifs is 1. The minimum absolute atomic E-state index is 0.106. The van der Waals surface area contributed by atoms with Crippen molar-refractivity contribution < 1.29 is 19.1 Å². The lowest BCUT2D eigenvalue weighted by Crippen LogP contribution is -2.40. The molecule has 4 heteroatoms. The molecule has 2 saturated carbocycles. The summed E-state index contributed by atoms with van der Waals surface area (Å²) < 4.78 is 4.62. The van der Waals surface area contributed by atoms with Gasteiger partial charge in [0.25, 0.3) is 0 Å². The van der Waals surface area contributed by atoms with E-state index in [0.29, 0.717) is 12.8 Å². The van der Waals surface area contributed by atoms with E-state index in [-0.39, 0.29) is 23.5 Å². The first-order valence-corrected chi connectivity index (χ1v) is 4.75. The molecule has 4 unspecified atom stereocenters. The molecule has 0 aromatic heterocycles. The van der Waals surface area contributed by atoms with E-state index >= 15 is 0 Å². The number of carbonyl (C=O) groups is 3. The lowest BCUT2D eigenvalue weighted by molar-refractivity contribution is -0.154. The highest BCUT2D eigenvalue weighted by Crippen LogP contribution is 2.50. The van der Waals surface area contributed by atoms with Gasteiger partial charge in [-0.05, 0) is 12.3 Å². The van der Waals surface area contributed by atoms with E-state index in [1.54, 1.807) is 0 Å². The third kappa shape index (κ3) is 1.10. The molecule has 4 atom stereocenters. The molecule has 0 amide bonds. The first kappa shape index (κ1) is 9.37. The number of ketones is 1. The summed E-state index contributed by atoms with van der Waals surface area (Å²) in [5.41, 5.74) is 0. The highest BCUT2D eigenvalue weighted by atomic mass is 16.5. The summed E-state index contributed by atoms with van der Waals surface area (Å²) in [6.45, 7) is 0. The molecule has 0 aromatic rings. The quantitative estimate of drug-likeness (QED) is 0.467. The number of rotatable bonds is 2. The Balaban J connectivity index is 2.21. The molecule has 14 heavy (non-hydrogen) atoms. The van der Waals surface area contributed by atoms with Gasteiger partial charge in [-0.3, -0.25) is 9.59 Å². The molecule has 4 nitrogen and oxygen atoms in total. The fourth-order valence-corrected chi connectivity index (χ4v) is 2.71. The number of ether oxygens (including phenoxy) is 1. The number of carbonyl (C=O) groups excluding carboxylic acids is 3. The lowest BCUT2D eigenvalue weighted by atomic mass is 9.71. The van der Waals surface area contributed by atoms with Crippen LogP contribution in [0.15, 0.2) is 0 Å². The molecule has 2 aliphatic carbocycles. The second-order valence-electron chi connectivity index (χ2n) is 4.04. The molecule has 2 rings (SSSR count). The molecule has 0 heterocycles. The van der Waals surface area contributed by atoms with Crippen LogP contribution >= 0.6 is 0 Å². The van der Waals surface area contributed by atoms with Crippen molar-refractivity contribution in [2.24, 2.45) is 23.7 Å². The Morgan fingerprint density at radius 2 is 2.29 bits per heavy atom. The standard InChI is InChI=1S/C10H12O4/c1-14-10(13)9-6(4-11)2-5-3-7(12)8(5)9/h4-6,8-9H,2-3H2,1H3. The van der Waals surface area contributed by atoms with E-state index in [2.05, 4.69) is 4.74 Å². The second kappa shape index (κ2) is 3.19. The average Bonchev–Trinajstić information content (AvgIpc) is 2.49. The third-order valence-corrected chi connectivity index (χ3v) is 3.41. The largest absolute Gasteiger partial charge is 0.469 e. The van der Waals surface area contributed by atoms with E-state index in [0.717, 1.165) is 6.29 Å². The molecular weight excluding hydrogens is 184 g/mol. The van der Waals surface area contributed by atoms with Crippen LogP contribution < -0.4 is 0 Å². The highest BCUT2D eigenvalue weighted by molar-refractivity contribution is 5.94. The number of Topliss-reactive ketones (excluding diaryl/α,β-unsaturated/α-hetero) is 1. The Morgan fingerprint density at radius 1 is 1.57 bits per heavy atom. The van der Waals surface area contributed by atoms with Crippen LogP contribution in [0.25, 0.3) is 0 Å². The SMILES string of the molecule is COC(=O)C1C(C=O)CC2CC(=O)C21. The summed E-state index contributed by atoms with van der Waals surface area (Å²) in [5.74, 6) is -1.13. The summed E-state index contributed by atoms with van der Waals surface area (Å²) in [5, 5.41) is 0. The average molecular weight is 196 g/mol. The van der Waals surface area contributed by atoms with Gasteiger partial charge in [-0.2, -0.15) is 0 Å². The van der Waals surface area contributed by atoms with Gasteiger partial charge in [0.1, 0.15) is 12.1 Å². The molecule has 2 aliphatic rings. The van der Waals surface area contributed by atoms with E-state index in [1.807, 2.05) is 0 Å². The predicted octanol–water partition coefficient (Wildman–Crippen LogP) is 0.200. The maximum atomic E-state index is 11.4. The zero-order chi connectivity index (χ0) is 10.3. The Bertz CT molecular complexity index is 296. The predicted molar refractivity (Wildman–Crippen MR) is 46.3 cm³/mol. The van der Waals surface area contributed by atoms with Gasteiger partial charge in [-0.15, -0.1) is 0 Å². The van der Waals surface area contributed by atoms with Crippen molar-refractivity contribution in [1.82, 2.24) is 0 Å². The van der Waals surface area contributed by atoms with Crippen LogP contribution in [0.2, 0.25) is 0 Å². The fourth-order valence-electron chi connectivity index (χ4n) is 2.71. The Kier molecular flexibility index (Phi) is 2.13. The van der Waals surface area contributed by atoms with E-state index in [9.17, 15) is 14.4 Å². The normalized spacial score (nSPS) is 39.9. The molecule has 0 N–H and O–H groups in total. The van der Waals surface area contributed by atoms with E-state index < -0.39 is 11.9 Å². The van der Waals surface area contributed by atoms with Crippen molar-refractivity contribution in [3.63, 3.8) is 0 Å². The van der Waals surface area contributed by atoms with Crippen molar-refractivity contribution in [1.29, 1.82) is 0 Å². The van der Waals surface area contributed by atoms with Crippen LogP contribution in [0, 0.1) is 23.7 Å². The van der Waals surface area contributed by atoms with E-state index in [1.165, 1.54) is 7.11 Å². The zero-order valence-electron chi connectivity index (χ0n) is 7.93. The van der Waals surface area contributed by atoms with Gasteiger partial charge in [0.2, 0.25) is 0 Å². The van der Waals surface area contributed by atoms with Crippen LogP contribution in [0.1, 0.15) is 12.8 Å². The summed E-state index contributed by atoms with van der Waals surface area (Å²) in [7, 11) is 1.29. The monoisotopic (exact) mass is 196 g/mol. The van der Waals surface area contributed by atoms with Crippen LogP contribution in [0.5, 0.6) is 0 Å². The topological polar surface area (TPSA) is 60.4 Å². The van der Waals surface area contributed by atoms with Crippen LogP contribution in [-0.4, -0.2) is 25.1 Å². The van der Waals surface area contributed by atoms with Crippen molar-refractivity contribution in [3.8, 4) is 0 Å². The Hall–Kier alpha value is -1.19. The number of hydrogen-bond acceptors (Lipinski definition) is 4. The molecule has 0 radical (unpaired) electrons. The van der Waals surface area contributed by atoms with Gasteiger partial charge in [-0.25, -0.2) is 0 Å². The van der Waals surface area contributed by atoms with Gasteiger partial charge in [-0.1, -0.05) is 0 Å². The highest BCUT2D eigenvalue weighted by Gasteiger charge is 2.56. The van der Waals surface area contributed by atoms with Gasteiger partial charge in [0.15, 0.2) is 0 Å². The molecule has 0 bridgehead atoms. The molecule has 0 aliphatic heterocycles. The van der Waals surface area contributed by atoms with Crippen LogP contribution in [0.3, 0.4) is 0 Å².